The largest absolute Gasteiger partial charge is 0.493 e. The minimum absolute atomic E-state index is 0.0282. The average molecular weight is 502 g/mol. The number of hydrogen-bond donors (Lipinski definition) is 2. The maximum atomic E-state index is 9.77. The average Bonchev–Trinajstić information content (AvgIpc) is 3.12. The lowest BCUT2D eigenvalue weighted by molar-refractivity contribution is 0.284. The summed E-state index contributed by atoms with van der Waals surface area (Å²) in [7, 11) is 1.57. The molecule has 0 bridgehead atoms. The van der Waals surface area contributed by atoms with Crippen LogP contribution in [0.15, 0.2) is 52.3 Å². The first-order chi connectivity index (χ1) is 14.9. The summed E-state index contributed by atoms with van der Waals surface area (Å²) < 4.78 is 17.8. The molecule has 0 aliphatic carbocycles. The van der Waals surface area contributed by atoms with Gasteiger partial charge in [-0.25, -0.2) is 0 Å². The van der Waals surface area contributed by atoms with E-state index in [-0.39, 0.29) is 5.88 Å². The van der Waals surface area contributed by atoms with Crippen molar-refractivity contribution in [3.05, 3.63) is 79.7 Å². The number of aromatic amines is 1. The highest BCUT2D eigenvalue weighted by Gasteiger charge is 2.36. The van der Waals surface area contributed by atoms with Crippen LogP contribution in [0.4, 0.5) is 0 Å². The maximum Gasteiger partial charge on any atom is 0.244 e. The summed E-state index contributed by atoms with van der Waals surface area (Å²) in [6.45, 7) is 2.21. The molecular weight excluding hydrogens is 484 g/mol. The van der Waals surface area contributed by atoms with E-state index in [4.69, 9.17) is 31.5 Å². The van der Waals surface area contributed by atoms with Crippen molar-refractivity contribution in [3.8, 4) is 23.4 Å². The van der Waals surface area contributed by atoms with E-state index < -0.39 is 5.92 Å². The molecule has 0 unspecified atom stereocenters. The SMILES string of the molecule is COc1cc([C@@H]2C(C#N)=C(N)Oc3n[nH]c(C)c32)c(Br)cc1OCc1ccc(Cl)cc1. The molecule has 3 N–H and O–H groups in total. The van der Waals surface area contributed by atoms with Crippen LogP contribution in [0.3, 0.4) is 0 Å². The Morgan fingerprint density at radius 3 is 2.71 bits per heavy atom. The van der Waals surface area contributed by atoms with Crippen molar-refractivity contribution in [2.75, 3.05) is 7.11 Å². The van der Waals surface area contributed by atoms with Crippen LogP contribution in [0.2, 0.25) is 5.02 Å². The first-order valence-electron chi connectivity index (χ1n) is 9.30. The highest BCUT2D eigenvalue weighted by molar-refractivity contribution is 9.10. The molecule has 31 heavy (non-hydrogen) atoms. The number of rotatable bonds is 5. The fourth-order valence-electron chi connectivity index (χ4n) is 3.50. The number of nitriles is 1. The van der Waals surface area contributed by atoms with Gasteiger partial charge < -0.3 is 19.9 Å². The summed E-state index contributed by atoms with van der Waals surface area (Å²) in [6, 6.07) is 13.2. The molecule has 0 saturated carbocycles. The summed E-state index contributed by atoms with van der Waals surface area (Å²) in [6.07, 6.45) is 0. The van der Waals surface area contributed by atoms with Crippen molar-refractivity contribution >= 4 is 27.5 Å². The monoisotopic (exact) mass is 500 g/mol. The lowest BCUT2D eigenvalue weighted by atomic mass is 9.84. The van der Waals surface area contributed by atoms with Gasteiger partial charge in [-0.3, -0.25) is 5.10 Å². The van der Waals surface area contributed by atoms with Crippen molar-refractivity contribution in [3.63, 3.8) is 0 Å². The van der Waals surface area contributed by atoms with E-state index >= 15 is 0 Å². The molecule has 7 nitrogen and oxygen atoms in total. The Balaban J connectivity index is 1.73. The van der Waals surface area contributed by atoms with Gasteiger partial charge in [-0.2, -0.15) is 5.26 Å². The lowest BCUT2D eigenvalue weighted by Crippen LogP contribution is -2.21. The van der Waals surface area contributed by atoms with Crippen LogP contribution in [0.1, 0.15) is 28.3 Å². The molecule has 0 amide bonds. The molecule has 1 aliphatic heterocycles. The molecule has 0 saturated heterocycles. The second kappa shape index (κ2) is 8.53. The predicted molar refractivity (Wildman–Crippen MR) is 119 cm³/mol. The van der Waals surface area contributed by atoms with E-state index in [0.717, 1.165) is 26.9 Å². The smallest absolute Gasteiger partial charge is 0.244 e. The zero-order chi connectivity index (χ0) is 22.1. The van der Waals surface area contributed by atoms with Gasteiger partial charge in [0.15, 0.2) is 11.5 Å². The third-order valence-electron chi connectivity index (χ3n) is 5.03. The topological polar surface area (TPSA) is 106 Å². The Bertz CT molecular complexity index is 1210. The van der Waals surface area contributed by atoms with Gasteiger partial charge in [0.25, 0.3) is 0 Å². The van der Waals surface area contributed by atoms with Crippen LogP contribution >= 0.6 is 27.5 Å². The number of aryl methyl sites for hydroxylation is 1. The molecule has 0 spiro atoms. The zero-order valence-electron chi connectivity index (χ0n) is 16.7. The van der Waals surface area contributed by atoms with Crippen LogP contribution < -0.4 is 19.9 Å². The maximum absolute atomic E-state index is 9.77. The number of aromatic nitrogens is 2. The standard InChI is InChI=1S/C22H18BrClN4O3/c1-11-19-20(15(9-25)21(26)31-22(19)28-27-11)14-7-17(29-2)18(8-16(14)23)30-10-12-3-5-13(24)6-4-12/h3-8,20H,10,26H2,1-2H3,(H,27,28)/t20-/m1/s1. The third-order valence-corrected chi connectivity index (χ3v) is 5.97. The summed E-state index contributed by atoms with van der Waals surface area (Å²) in [5, 5.41) is 17.5. The molecule has 1 aromatic heterocycles. The van der Waals surface area contributed by atoms with Crippen LogP contribution in [-0.4, -0.2) is 17.3 Å². The van der Waals surface area contributed by atoms with Crippen molar-refractivity contribution < 1.29 is 14.2 Å². The molecule has 2 heterocycles. The number of nitrogens with one attached hydrogen (secondary N) is 1. The minimum Gasteiger partial charge on any atom is -0.493 e. The second-order valence-electron chi connectivity index (χ2n) is 6.93. The fourth-order valence-corrected chi connectivity index (χ4v) is 4.17. The molecule has 2 aromatic carbocycles. The van der Waals surface area contributed by atoms with E-state index in [1.807, 2.05) is 43.3 Å². The number of methoxy groups -OCH3 is 1. The zero-order valence-corrected chi connectivity index (χ0v) is 19.0. The minimum atomic E-state index is -0.471. The number of ether oxygens (including phenoxy) is 3. The van der Waals surface area contributed by atoms with Crippen LogP contribution in [-0.2, 0) is 6.61 Å². The van der Waals surface area contributed by atoms with Crippen molar-refractivity contribution in [2.24, 2.45) is 5.73 Å². The van der Waals surface area contributed by atoms with E-state index in [2.05, 4.69) is 32.2 Å². The predicted octanol–water partition coefficient (Wildman–Crippen LogP) is 4.94. The molecule has 1 aliphatic rings. The van der Waals surface area contributed by atoms with Gasteiger partial charge in [0.2, 0.25) is 11.8 Å². The summed E-state index contributed by atoms with van der Waals surface area (Å²) in [4.78, 5) is 0. The Morgan fingerprint density at radius 2 is 2.03 bits per heavy atom. The molecular formula is C22H18BrClN4O3. The number of hydrogen-bond acceptors (Lipinski definition) is 6. The van der Waals surface area contributed by atoms with Crippen LogP contribution in [0.5, 0.6) is 17.4 Å². The number of benzene rings is 2. The van der Waals surface area contributed by atoms with Crippen LogP contribution in [0.25, 0.3) is 0 Å². The van der Waals surface area contributed by atoms with Crippen LogP contribution in [0, 0.1) is 18.3 Å². The van der Waals surface area contributed by atoms with Gasteiger partial charge >= 0.3 is 0 Å². The Hall–Kier alpha value is -3.15. The highest BCUT2D eigenvalue weighted by atomic mass is 79.9. The number of nitrogens with two attached hydrogens (primary N) is 1. The number of fused-ring (bicyclic) bond motifs is 1. The summed E-state index contributed by atoms with van der Waals surface area (Å²) in [5.41, 5.74) is 9.61. The molecule has 0 fully saturated rings. The molecule has 0 radical (unpaired) electrons. The molecule has 4 rings (SSSR count). The normalized spacial score (nSPS) is 15.1. The quantitative estimate of drug-likeness (QED) is 0.513. The first kappa shape index (κ1) is 21.1. The van der Waals surface area contributed by atoms with Crippen molar-refractivity contribution in [2.45, 2.75) is 19.4 Å². The van der Waals surface area contributed by atoms with E-state index in [1.165, 1.54) is 0 Å². The van der Waals surface area contributed by atoms with Gasteiger partial charge in [0.05, 0.1) is 13.0 Å². The Labute approximate surface area is 192 Å². The van der Waals surface area contributed by atoms with E-state index in [9.17, 15) is 5.26 Å². The lowest BCUT2D eigenvalue weighted by Gasteiger charge is -2.25. The van der Waals surface area contributed by atoms with Gasteiger partial charge in [-0.15, -0.1) is 5.10 Å². The third kappa shape index (κ3) is 3.94. The Morgan fingerprint density at radius 1 is 1.29 bits per heavy atom. The summed E-state index contributed by atoms with van der Waals surface area (Å²) in [5.74, 6) is 0.992. The van der Waals surface area contributed by atoms with E-state index in [0.29, 0.717) is 34.6 Å². The van der Waals surface area contributed by atoms with Crippen molar-refractivity contribution in [1.82, 2.24) is 10.2 Å². The molecule has 3 aromatic rings. The number of allylic oxidation sites excluding steroid dienone is 1. The first-order valence-corrected chi connectivity index (χ1v) is 10.5. The molecule has 9 heteroatoms. The summed E-state index contributed by atoms with van der Waals surface area (Å²) >= 11 is 9.57. The number of H-pyrrole nitrogens is 1. The van der Waals surface area contributed by atoms with Gasteiger partial charge in [-0.05, 0) is 42.3 Å². The van der Waals surface area contributed by atoms with Gasteiger partial charge in [0, 0.05) is 20.8 Å². The number of halogens is 2. The molecule has 1 atom stereocenters. The number of nitrogens with zero attached hydrogens (tertiary/aromatic N) is 2. The second-order valence-corrected chi connectivity index (χ2v) is 8.22. The molecule has 158 valence electrons. The highest BCUT2D eigenvalue weighted by Crippen LogP contribution is 2.47. The fraction of sp³-hybridized carbons (Fsp3) is 0.182. The van der Waals surface area contributed by atoms with Gasteiger partial charge in [0.1, 0.15) is 18.2 Å². The van der Waals surface area contributed by atoms with Gasteiger partial charge in [-0.1, -0.05) is 39.7 Å². The Kier molecular flexibility index (Phi) is 5.81. The van der Waals surface area contributed by atoms with Crippen molar-refractivity contribution in [1.29, 1.82) is 5.26 Å². The van der Waals surface area contributed by atoms with E-state index in [1.54, 1.807) is 7.11 Å².